The maximum Gasteiger partial charge on any atom is 0.245 e. The molecule has 0 fully saturated rings. The van der Waals surface area contributed by atoms with E-state index in [0.717, 1.165) is 30.2 Å². The van der Waals surface area contributed by atoms with Crippen LogP contribution >= 0.6 is 0 Å². The van der Waals surface area contributed by atoms with Gasteiger partial charge in [0.05, 0.1) is 6.54 Å². The number of aromatic nitrogens is 3. The summed E-state index contributed by atoms with van der Waals surface area (Å²) in [5, 5.41) is 17.9. The number of phenolic OH excluding ortho intramolecular Hbond substituents is 1. The molecule has 0 bridgehead atoms. The van der Waals surface area contributed by atoms with E-state index in [-0.39, 0.29) is 17.7 Å². The molecule has 1 aliphatic heterocycles. The van der Waals surface area contributed by atoms with Crippen molar-refractivity contribution in [2.75, 3.05) is 6.54 Å². The molecule has 2 heterocycles. The number of phenols is 1. The summed E-state index contributed by atoms with van der Waals surface area (Å²) in [7, 11) is 0. The van der Waals surface area contributed by atoms with Gasteiger partial charge in [0.25, 0.3) is 0 Å². The lowest BCUT2D eigenvalue weighted by atomic mass is 10.1. The average molecular weight is 300 g/mol. The van der Waals surface area contributed by atoms with Gasteiger partial charge in [-0.3, -0.25) is 4.79 Å². The number of rotatable bonds is 4. The number of fused-ring (bicyclic) bond motifs is 1. The average Bonchev–Trinajstić information content (AvgIpc) is 2.90. The Morgan fingerprint density at radius 3 is 2.68 bits per heavy atom. The molecule has 0 saturated carbocycles. The molecule has 0 aliphatic carbocycles. The Morgan fingerprint density at radius 1 is 1.27 bits per heavy atom. The van der Waals surface area contributed by atoms with Gasteiger partial charge >= 0.3 is 0 Å². The smallest absolute Gasteiger partial charge is 0.245 e. The first-order valence-corrected chi connectivity index (χ1v) is 7.59. The Hall–Kier alpha value is -2.37. The van der Waals surface area contributed by atoms with Gasteiger partial charge in [-0.25, -0.2) is 0 Å². The van der Waals surface area contributed by atoms with E-state index in [2.05, 4.69) is 17.1 Å². The second-order valence-corrected chi connectivity index (χ2v) is 5.68. The fraction of sp³-hybridized carbons (Fsp3) is 0.438. The van der Waals surface area contributed by atoms with E-state index in [1.54, 1.807) is 12.1 Å². The van der Waals surface area contributed by atoms with Crippen molar-refractivity contribution in [3.63, 3.8) is 0 Å². The summed E-state index contributed by atoms with van der Waals surface area (Å²) in [5.74, 6) is 2.00. The molecule has 116 valence electrons. The number of benzene rings is 1. The zero-order valence-electron chi connectivity index (χ0n) is 12.9. The molecular formula is C16H20N4O2. The largest absolute Gasteiger partial charge is 0.508 e. The van der Waals surface area contributed by atoms with Gasteiger partial charge < -0.3 is 14.6 Å². The Balaban J connectivity index is 1.88. The van der Waals surface area contributed by atoms with Gasteiger partial charge in [-0.05, 0) is 31.0 Å². The van der Waals surface area contributed by atoms with Crippen molar-refractivity contribution in [2.24, 2.45) is 0 Å². The fourth-order valence-corrected chi connectivity index (χ4v) is 2.91. The fourth-order valence-electron chi connectivity index (χ4n) is 2.91. The van der Waals surface area contributed by atoms with Crippen molar-refractivity contribution >= 4 is 5.91 Å². The quantitative estimate of drug-likeness (QED) is 0.936. The molecule has 1 aliphatic rings. The van der Waals surface area contributed by atoms with Crippen LogP contribution in [-0.4, -0.2) is 37.2 Å². The summed E-state index contributed by atoms with van der Waals surface area (Å²) in [6.07, 6.45) is 1.53. The molecule has 1 aromatic carbocycles. The monoisotopic (exact) mass is 300 g/mol. The minimum absolute atomic E-state index is 0.126. The molecule has 0 saturated heterocycles. The lowest BCUT2D eigenvalue weighted by Gasteiger charge is -2.31. The Morgan fingerprint density at radius 2 is 2.00 bits per heavy atom. The molecule has 0 unspecified atom stereocenters. The van der Waals surface area contributed by atoms with Crippen LogP contribution in [0.3, 0.4) is 0 Å². The van der Waals surface area contributed by atoms with Gasteiger partial charge in [0, 0.05) is 13.0 Å². The highest BCUT2D eigenvalue weighted by atomic mass is 16.3. The van der Waals surface area contributed by atoms with E-state index in [0.29, 0.717) is 13.0 Å². The standard InChI is InChI=1S/C16H20N4O2/c1-3-8-19-10-15-18-17-14(20(15)11(2)16(19)22)9-12-4-6-13(21)7-5-12/h4-7,11,21H,3,8-10H2,1-2H3/t11-/m1/s1. The van der Waals surface area contributed by atoms with Crippen LogP contribution < -0.4 is 0 Å². The molecular weight excluding hydrogens is 280 g/mol. The third-order valence-corrected chi connectivity index (χ3v) is 4.02. The van der Waals surface area contributed by atoms with Crippen LogP contribution in [0.15, 0.2) is 24.3 Å². The second-order valence-electron chi connectivity index (χ2n) is 5.68. The van der Waals surface area contributed by atoms with E-state index in [1.165, 1.54) is 0 Å². The van der Waals surface area contributed by atoms with Crippen molar-refractivity contribution in [1.82, 2.24) is 19.7 Å². The highest BCUT2D eigenvalue weighted by Gasteiger charge is 2.32. The topological polar surface area (TPSA) is 71.2 Å². The van der Waals surface area contributed by atoms with Gasteiger partial charge in [-0.15, -0.1) is 10.2 Å². The molecule has 3 rings (SSSR count). The molecule has 1 atom stereocenters. The number of amides is 1. The third kappa shape index (κ3) is 2.56. The van der Waals surface area contributed by atoms with Crippen molar-refractivity contribution in [2.45, 2.75) is 39.3 Å². The Bertz CT molecular complexity index is 678. The predicted molar refractivity (Wildman–Crippen MR) is 81.4 cm³/mol. The number of aromatic hydroxyl groups is 1. The summed E-state index contributed by atoms with van der Waals surface area (Å²) in [6, 6.07) is 6.75. The highest BCUT2D eigenvalue weighted by molar-refractivity contribution is 5.81. The number of nitrogens with zero attached hydrogens (tertiary/aromatic N) is 4. The summed E-state index contributed by atoms with van der Waals surface area (Å²) in [6.45, 7) is 5.24. The van der Waals surface area contributed by atoms with E-state index in [4.69, 9.17) is 0 Å². The molecule has 22 heavy (non-hydrogen) atoms. The first-order valence-electron chi connectivity index (χ1n) is 7.59. The molecule has 0 radical (unpaired) electrons. The van der Waals surface area contributed by atoms with Gasteiger partial charge in [0.15, 0.2) is 5.82 Å². The number of carbonyl (C=O) groups is 1. The van der Waals surface area contributed by atoms with Gasteiger partial charge in [-0.1, -0.05) is 19.1 Å². The first kappa shape index (κ1) is 14.6. The normalized spacial score (nSPS) is 17.6. The molecule has 6 heteroatoms. The lowest BCUT2D eigenvalue weighted by Crippen LogP contribution is -2.42. The van der Waals surface area contributed by atoms with Crippen LogP contribution in [0.5, 0.6) is 5.75 Å². The van der Waals surface area contributed by atoms with E-state index < -0.39 is 0 Å². The van der Waals surface area contributed by atoms with E-state index in [9.17, 15) is 9.90 Å². The zero-order chi connectivity index (χ0) is 15.7. The minimum atomic E-state index is -0.266. The van der Waals surface area contributed by atoms with Crippen molar-refractivity contribution < 1.29 is 9.90 Å². The zero-order valence-corrected chi connectivity index (χ0v) is 12.9. The Kier molecular flexibility index (Phi) is 3.83. The summed E-state index contributed by atoms with van der Waals surface area (Å²) in [4.78, 5) is 14.3. The molecule has 2 aromatic rings. The molecule has 1 N–H and O–H groups in total. The molecule has 1 amide bonds. The van der Waals surface area contributed by atoms with Crippen LogP contribution in [-0.2, 0) is 17.8 Å². The molecule has 0 spiro atoms. The third-order valence-electron chi connectivity index (χ3n) is 4.02. The highest BCUT2D eigenvalue weighted by Crippen LogP contribution is 2.24. The van der Waals surface area contributed by atoms with Crippen LogP contribution in [0.1, 0.15) is 43.5 Å². The minimum Gasteiger partial charge on any atom is -0.508 e. The van der Waals surface area contributed by atoms with Crippen molar-refractivity contribution in [1.29, 1.82) is 0 Å². The van der Waals surface area contributed by atoms with Crippen LogP contribution in [0, 0.1) is 0 Å². The number of hydrogen-bond donors (Lipinski definition) is 1. The maximum atomic E-state index is 12.4. The van der Waals surface area contributed by atoms with E-state index in [1.807, 2.05) is 28.5 Å². The summed E-state index contributed by atoms with van der Waals surface area (Å²) in [5.41, 5.74) is 1.03. The second kappa shape index (κ2) is 5.79. The van der Waals surface area contributed by atoms with Crippen LogP contribution in [0.4, 0.5) is 0 Å². The van der Waals surface area contributed by atoms with Gasteiger partial charge in [0.1, 0.15) is 17.6 Å². The summed E-state index contributed by atoms with van der Waals surface area (Å²) < 4.78 is 1.95. The first-order chi connectivity index (χ1) is 10.6. The van der Waals surface area contributed by atoms with Crippen molar-refractivity contribution in [3.05, 3.63) is 41.5 Å². The van der Waals surface area contributed by atoms with E-state index >= 15 is 0 Å². The molecule has 1 aromatic heterocycles. The number of hydrogen-bond acceptors (Lipinski definition) is 4. The predicted octanol–water partition coefficient (Wildman–Crippen LogP) is 1.89. The summed E-state index contributed by atoms with van der Waals surface area (Å²) >= 11 is 0. The lowest BCUT2D eigenvalue weighted by molar-refractivity contribution is -0.137. The maximum absolute atomic E-state index is 12.4. The Labute approximate surface area is 129 Å². The molecule has 6 nitrogen and oxygen atoms in total. The van der Waals surface area contributed by atoms with Gasteiger partial charge in [0.2, 0.25) is 5.91 Å². The van der Waals surface area contributed by atoms with Crippen LogP contribution in [0.2, 0.25) is 0 Å². The van der Waals surface area contributed by atoms with Gasteiger partial charge in [-0.2, -0.15) is 0 Å². The van der Waals surface area contributed by atoms with Crippen LogP contribution in [0.25, 0.3) is 0 Å². The SMILES string of the molecule is CCCN1Cc2nnc(Cc3ccc(O)cc3)n2[C@H](C)C1=O. The van der Waals surface area contributed by atoms with Crippen molar-refractivity contribution in [3.8, 4) is 5.75 Å². The number of carbonyl (C=O) groups excluding carboxylic acids is 1.